The maximum absolute atomic E-state index is 12.9. The summed E-state index contributed by atoms with van der Waals surface area (Å²) in [5.41, 5.74) is -0.926. The smallest absolute Gasteiger partial charge is 0.494 e. The van der Waals surface area contributed by atoms with E-state index in [1.807, 2.05) is 13.8 Å². The average Bonchev–Trinajstić information content (AvgIpc) is 2.26. The van der Waals surface area contributed by atoms with E-state index in [1.54, 1.807) is 0 Å². The van der Waals surface area contributed by atoms with Gasteiger partial charge in [0.1, 0.15) is 12.4 Å². The third-order valence-electron chi connectivity index (χ3n) is 2.26. The Labute approximate surface area is 109 Å². The summed E-state index contributed by atoms with van der Waals surface area (Å²) >= 11 is 0. The molecule has 0 N–H and O–H groups in total. The van der Waals surface area contributed by atoms with Gasteiger partial charge in [0.25, 0.3) is 0 Å². The van der Waals surface area contributed by atoms with Crippen LogP contribution in [0.3, 0.4) is 0 Å². The fraction of sp³-hybridized carbons (Fsp3) is 0.500. The highest BCUT2D eigenvalue weighted by molar-refractivity contribution is 6.74. The predicted octanol–water partition coefficient (Wildman–Crippen LogP) is 2.93. The van der Waals surface area contributed by atoms with E-state index in [4.69, 9.17) is 9.47 Å². The second kappa shape index (κ2) is 6.79. The molecule has 1 aromatic carbocycles. The Kier molecular flexibility index (Phi) is 5.66. The lowest BCUT2D eigenvalue weighted by Crippen LogP contribution is -2.35. The highest BCUT2D eigenvalue weighted by atomic mass is 19.4. The summed E-state index contributed by atoms with van der Waals surface area (Å²) < 4.78 is 61.1. The molecule has 0 atom stereocenters. The van der Waals surface area contributed by atoms with E-state index < -0.39 is 24.0 Å². The normalized spacial score (nSPS) is 11.9. The van der Waals surface area contributed by atoms with E-state index in [0.717, 1.165) is 12.1 Å². The van der Waals surface area contributed by atoms with Crippen LogP contribution in [0.15, 0.2) is 18.2 Å². The van der Waals surface area contributed by atoms with E-state index in [9.17, 15) is 17.3 Å². The number of hydrogen-bond donors (Lipinski definition) is 0. The molecular weight excluding hydrogens is 263 g/mol. The van der Waals surface area contributed by atoms with Crippen LogP contribution in [0.4, 0.5) is 17.3 Å². The third-order valence-corrected chi connectivity index (χ3v) is 2.26. The summed E-state index contributed by atoms with van der Waals surface area (Å²) in [5, 5.41) is 0. The van der Waals surface area contributed by atoms with Crippen molar-refractivity contribution >= 4 is 12.4 Å². The van der Waals surface area contributed by atoms with Gasteiger partial charge in [-0.15, -0.1) is 0 Å². The van der Waals surface area contributed by atoms with Crippen LogP contribution in [0.25, 0.3) is 0 Å². The minimum absolute atomic E-state index is 0.0463. The van der Waals surface area contributed by atoms with Gasteiger partial charge in [0.2, 0.25) is 0 Å². The zero-order valence-electron chi connectivity index (χ0n) is 10.8. The average molecular weight is 279 g/mol. The quantitative estimate of drug-likeness (QED) is 0.434. The molecule has 0 unspecified atom stereocenters. The molecule has 0 aliphatic heterocycles. The molecular formula is C12H16BF4O2-. The lowest BCUT2D eigenvalue weighted by molar-refractivity contribution is 0.0820. The number of hydrogen-bond acceptors (Lipinski definition) is 2. The first-order chi connectivity index (χ1) is 8.80. The Morgan fingerprint density at radius 2 is 1.84 bits per heavy atom. The summed E-state index contributed by atoms with van der Waals surface area (Å²) in [6, 6.07) is 2.21. The van der Waals surface area contributed by atoms with Crippen molar-refractivity contribution in [2.24, 2.45) is 5.92 Å². The molecule has 108 valence electrons. The first-order valence-corrected chi connectivity index (χ1v) is 6.00. The van der Waals surface area contributed by atoms with Gasteiger partial charge in [-0.1, -0.05) is 25.4 Å². The summed E-state index contributed by atoms with van der Waals surface area (Å²) in [7, 11) is 0. The molecule has 7 heteroatoms. The Hall–Kier alpha value is -1.24. The molecule has 1 rings (SSSR count). The highest BCUT2D eigenvalue weighted by Gasteiger charge is 2.29. The summed E-state index contributed by atoms with van der Waals surface area (Å²) in [4.78, 5) is 0. The van der Waals surface area contributed by atoms with E-state index >= 15 is 0 Å². The number of halogens is 4. The number of ether oxygens (including phenoxy) is 2. The van der Waals surface area contributed by atoms with Crippen LogP contribution in [0, 0.1) is 11.7 Å². The number of rotatable bonds is 7. The molecule has 0 aliphatic rings. The van der Waals surface area contributed by atoms with Crippen LogP contribution in [-0.2, 0) is 4.74 Å². The van der Waals surface area contributed by atoms with Gasteiger partial charge in [-0.25, -0.2) is 4.39 Å². The molecule has 0 amide bonds. The van der Waals surface area contributed by atoms with Gasteiger partial charge < -0.3 is 22.4 Å². The zero-order valence-corrected chi connectivity index (χ0v) is 10.8. The highest BCUT2D eigenvalue weighted by Crippen LogP contribution is 2.19. The monoisotopic (exact) mass is 279 g/mol. The molecule has 1 aromatic rings. The van der Waals surface area contributed by atoms with Gasteiger partial charge in [-0.05, 0) is 12.0 Å². The van der Waals surface area contributed by atoms with Gasteiger partial charge in [0.05, 0.1) is 12.4 Å². The summed E-state index contributed by atoms with van der Waals surface area (Å²) in [6.07, 6.45) is 0. The third kappa shape index (κ3) is 5.51. The lowest BCUT2D eigenvalue weighted by Gasteiger charge is -2.20. The molecule has 0 radical (unpaired) electrons. The SMILES string of the molecule is CC(C)COCCOc1cc(F)ccc1[B-](F)(F)F. The van der Waals surface area contributed by atoms with Gasteiger partial charge in [-0.3, -0.25) is 0 Å². The Morgan fingerprint density at radius 3 is 2.42 bits per heavy atom. The molecule has 0 fully saturated rings. The molecule has 0 spiro atoms. The molecule has 2 nitrogen and oxygen atoms in total. The molecule has 0 saturated carbocycles. The summed E-state index contributed by atoms with van der Waals surface area (Å²) in [5.74, 6) is -0.911. The van der Waals surface area contributed by atoms with Gasteiger partial charge >= 0.3 is 6.98 Å². The Morgan fingerprint density at radius 1 is 1.16 bits per heavy atom. The van der Waals surface area contributed by atoms with Gasteiger partial charge in [0, 0.05) is 12.7 Å². The minimum Gasteiger partial charge on any atom is -0.494 e. The maximum Gasteiger partial charge on any atom is 0.513 e. The van der Waals surface area contributed by atoms with Crippen molar-refractivity contribution in [1.82, 2.24) is 0 Å². The van der Waals surface area contributed by atoms with E-state index in [2.05, 4.69) is 0 Å². The summed E-state index contributed by atoms with van der Waals surface area (Å²) in [6.45, 7) is -0.687. The second-order valence-corrected chi connectivity index (χ2v) is 4.57. The van der Waals surface area contributed by atoms with Crippen LogP contribution in [-0.4, -0.2) is 26.8 Å². The zero-order chi connectivity index (χ0) is 14.5. The predicted molar refractivity (Wildman–Crippen MR) is 66.3 cm³/mol. The van der Waals surface area contributed by atoms with E-state index in [0.29, 0.717) is 18.6 Å². The molecule has 19 heavy (non-hydrogen) atoms. The first kappa shape index (κ1) is 15.8. The number of benzene rings is 1. The lowest BCUT2D eigenvalue weighted by atomic mass is 9.79. The van der Waals surface area contributed by atoms with Crippen molar-refractivity contribution in [3.8, 4) is 5.75 Å². The Bertz CT molecular complexity index is 407. The fourth-order valence-electron chi connectivity index (χ4n) is 1.43. The second-order valence-electron chi connectivity index (χ2n) is 4.57. The van der Waals surface area contributed by atoms with Crippen molar-refractivity contribution in [3.05, 3.63) is 24.0 Å². The van der Waals surface area contributed by atoms with Crippen molar-refractivity contribution in [2.75, 3.05) is 19.8 Å². The molecule has 0 saturated heterocycles. The van der Waals surface area contributed by atoms with Gasteiger partial charge in [0.15, 0.2) is 0 Å². The largest absolute Gasteiger partial charge is 0.513 e. The van der Waals surface area contributed by atoms with E-state index in [1.165, 1.54) is 0 Å². The van der Waals surface area contributed by atoms with Crippen molar-refractivity contribution in [2.45, 2.75) is 13.8 Å². The van der Waals surface area contributed by atoms with Crippen LogP contribution in [0.2, 0.25) is 0 Å². The van der Waals surface area contributed by atoms with E-state index in [-0.39, 0.29) is 13.2 Å². The molecule has 0 aromatic heterocycles. The molecule has 0 bridgehead atoms. The standard InChI is InChI=1S/C12H16BF4O2/c1-9(2)8-18-5-6-19-12-7-10(14)3-4-11(12)13(15,16)17/h3-4,7,9H,5-6,8H2,1-2H3/q-1. The fourth-order valence-corrected chi connectivity index (χ4v) is 1.43. The van der Waals surface area contributed by atoms with Crippen LogP contribution < -0.4 is 10.2 Å². The Balaban J connectivity index is 2.59. The topological polar surface area (TPSA) is 18.5 Å². The van der Waals surface area contributed by atoms with Crippen LogP contribution in [0.5, 0.6) is 5.75 Å². The first-order valence-electron chi connectivity index (χ1n) is 6.00. The van der Waals surface area contributed by atoms with Crippen molar-refractivity contribution in [1.29, 1.82) is 0 Å². The van der Waals surface area contributed by atoms with Crippen molar-refractivity contribution < 1.29 is 26.8 Å². The van der Waals surface area contributed by atoms with Crippen LogP contribution in [0.1, 0.15) is 13.8 Å². The minimum atomic E-state index is -5.22. The van der Waals surface area contributed by atoms with Crippen LogP contribution >= 0.6 is 0 Å². The van der Waals surface area contributed by atoms with Crippen molar-refractivity contribution in [3.63, 3.8) is 0 Å². The van der Waals surface area contributed by atoms with Gasteiger partial charge in [-0.2, -0.15) is 0 Å². The maximum atomic E-state index is 12.9. The molecule has 0 heterocycles. The molecule has 0 aliphatic carbocycles.